The van der Waals surface area contributed by atoms with Gasteiger partial charge >= 0.3 is 6.03 Å². The van der Waals surface area contributed by atoms with Gasteiger partial charge in [-0.05, 0) is 61.9 Å². The van der Waals surface area contributed by atoms with E-state index in [1.807, 2.05) is 19.1 Å². The Morgan fingerprint density at radius 3 is 2.52 bits per heavy atom. The molecule has 3 N–H and O–H groups in total. The van der Waals surface area contributed by atoms with Gasteiger partial charge in [-0.1, -0.05) is 12.1 Å². The number of nitrogens with one attached hydrogen (secondary N) is 3. The highest BCUT2D eigenvalue weighted by Crippen LogP contribution is 2.29. The number of anilines is 1. The van der Waals surface area contributed by atoms with Gasteiger partial charge in [0.2, 0.25) is 0 Å². The largest absolute Gasteiger partial charge is 0.459 e. The van der Waals surface area contributed by atoms with E-state index in [0.717, 1.165) is 11.1 Å². The molecule has 7 nitrogen and oxygen atoms in total. The zero-order chi connectivity index (χ0) is 23.4. The van der Waals surface area contributed by atoms with E-state index in [0.29, 0.717) is 34.5 Å². The summed E-state index contributed by atoms with van der Waals surface area (Å²) in [6.45, 7) is 3.95. The van der Waals surface area contributed by atoms with Gasteiger partial charge in [0.15, 0.2) is 0 Å². The van der Waals surface area contributed by atoms with Crippen molar-refractivity contribution >= 4 is 28.6 Å². The Balaban J connectivity index is 1.31. The molecule has 0 aliphatic heterocycles. The predicted molar refractivity (Wildman–Crippen MR) is 123 cm³/mol. The molecule has 2 aromatic carbocycles. The van der Waals surface area contributed by atoms with E-state index in [-0.39, 0.29) is 17.8 Å². The van der Waals surface area contributed by atoms with Crippen LogP contribution in [0.15, 0.2) is 71.4 Å². The number of amides is 3. The van der Waals surface area contributed by atoms with Gasteiger partial charge in [0, 0.05) is 41.1 Å². The van der Waals surface area contributed by atoms with Crippen LogP contribution >= 0.6 is 0 Å². The minimum absolute atomic E-state index is 0.222. The van der Waals surface area contributed by atoms with Crippen LogP contribution in [-0.4, -0.2) is 16.9 Å². The lowest BCUT2D eigenvalue weighted by Gasteiger charge is -2.14. The Morgan fingerprint density at radius 2 is 1.79 bits per heavy atom. The highest BCUT2D eigenvalue weighted by Gasteiger charge is 2.18. The first kappa shape index (κ1) is 22.0. The molecule has 4 aromatic rings. The molecule has 0 saturated carbocycles. The number of carbonyl (C=O) groups excluding carboxylic acids is 2. The minimum Gasteiger partial charge on any atom is -0.459 e. The van der Waals surface area contributed by atoms with Crippen molar-refractivity contribution < 1.29 is 18.4 Å². The van der Waals surface area contributed by atoms with Gasteiger partial charge in [-0.15, -0.1) is 0 Å². The molecule has 0 aliphatic carbocycles. The van der Waals surface area contributed by atoms with E-state index in [1.165, 1.54) is 12.1 Å². The molecular weight excluding hydrogens is 423 g/mol. The van der Waals surface area contributed by atoms with Gasteiger partial charge in [-0.2, -0.15) is 0 Å². The second-order valence-electron chi connectivity index (χ2n) is 7.67. The van der Waals surface area contributed by atoms with E-state index in [1.54, 1.807) is 49.6 Å². The number of fused-ring (bicyclic) bond motifs is 1. The summed E-state index contributed by atoms with van der Waals surface area (Å²) in [7, 11) is 0. The van der Waals surface area contributed by atoms with Gasteiger partial charge in [-0.3, -0.25) is 9.78 Å². The third kappa shape index (κ3) is 5.17. The number of aromatic nitrogens is 1. The molecule has 1 unspecified atom stereocenters. The number of hydrogen-bond acceptors (Lipinski definition) is 4. The van der Waals surface area contributed by atoms with Crippen molar-refractivity contribution in [2.75, 3.05) is 5.32 Å². The maximum Gasteiger partial charge on any atom is 0.315 e. The van der Waals surface area contributed by atoms with Crippen LogP contribution in [0.5, 0.6) is 0 Å². The summed E-state index contributed by atoms with van der Waals surface area (Å²) < 4.78 is 19.3. The van der Waals surface area contributed by atoms with Crippen LogP contribution in [0, 0.1) is 12.7 Å². The van der Waals surface area contributed by atoms with Gasteiger partial charge < -0.3 is 20.4 Å². The van der Waals surface area contributed by atoms with E-state index in [4.69, 9.17) is 4.42 Å². The van der Waals surface area contributed by atoms with Gasteiger partial charge in [0.05, 0.1) is 6.04 Å². The fraction of sp³-hybridized carbons (Fsp3) is 0.160. The molecule has 1 atom stereocenters. The molecule has 4 rings (SSSR count). The fourth-order valence-electron chi connectivity index (χ4n) is 3.53. The zero-order valence-electron chi connectivity index (χ0n) is 18.2. The van der Waals surface area contributed by atoms with Crippen LogP contribution in [0.25, 0.3) is 11.0 Å². The molecule has 8 heteroatoms. The van der Waals surface area contributed by atoms with Crippen LogP contribution in [0.4, 0.5) is 14.9 Å². The smallest absolute Gasteiger partial charge is 0.315 e. The third-order valence-corrected chi connectivity index (χ3v) is 5.28. The van der Waals surface area contributed by atoms with E-state index in [9.17, 15) is 14.0 Å². The number of rotatable bonds is 6. The number of urea groups is 1. The topological polar surface area (TPSA) is 96.3 Å². The molecule has 168 valence electrons. The average Bonchev–Trinajstić information content (AvgIpc) is 3.15. The van der Waals surface area contributed by atoms with Crippen molar-refractivity contribution in [3.8, 4) is 0 Å². The van der Waals surface area contributed by atoms with E-state index < -0.39 is 6.04 Å². The summed E-state index contributed by atoms with van der Waals surface area (Å²) in [4.78, 5) is 28.5. The number of aryl methyl sites for hydroxylation is 1. The second-order valence-corrected chi connectivity index (χ2v) is 7.67. The Bertz CT molecular complexity index is 1290. The van der Waals surface area contributed by atoms with Crippen LogP contribution < -0.4 is 16.0 Å². The molecule has 2 aromatic heterocycles. The lowest BCUT2D eigenvalue weighted by Crippen LogP contribution is -2.36. The Morgan fingerprint density at radius 1 is 1.06 bits per heavy atom. The summed E-state index contributed by atoms with van der Waals surface area (Å²) in [5.41, 5.74) is 3.41. The van der Waals surface area contributed by atoms with Crippen molar-refractivity contribution in [2.45, 2.75) is 26.4 Å². The molecule has 0 spiro atoms. The van der Waals surface area contributed by atoms with Crippen LogP contribution in [0.1, 0.15) is 40.2 Å². The molecule has 33 heavy (non-hydrogen) atoms. The van der Waals surface area contributed by atoms with Gasteiger partial charge in [-0.25, -0.2) is 9.18 Å². The Hall–Kier alpha value is -4.20. The van der Waals surface area contributed by atoms with Crippen molar-refractivity contribution in [1.29, 1.82) is 0 Å². The minimum atomic E-state index is -0.397. The highest BCUT2D eigenvalue weighted by molar-refractivity contribution is 6.04. The number of carbonyl (C=O) groups is 2. The van der Waals surface area contributed by atoms with Crippen LogP contribution in [0.2, 0.25) is 0 Å². The summed E-state index contributed by atoms with van der Waals surface area (Å²) in [6, 6.07) is 14.1. The number of pyridine rings is 1. The fourth-order valence-corrected chi connectivity index (χ4v) is 3.53. The molecule has 0 radical (unpaired) electrons. The average molecular weight is 446 g/mol. The Labute approximate surface area is 190 Å². The SMILES string of the molecule is Cc1c(C(C)NC(=O)NCc2ccc(NC(=O)c3ccncc3)cc2)oc2ccc(F)cc12. The molecule has 0 bridgehead atoms. The van der Waals surface area contributed by atoms with Gasteiger partial charge in [0.25, 0.3) is 5.91 Å². The molecule has 0 fully saturated rings. The number of halogens is 1. The first-order valence-corrected chi connectivity index (χ1v) is 10.4. The number of furan rings is 1. The van der Waals surface area contributed by atoms with Crippen LogP contribution in [-0.2, 0) is 6.54 Å². The molecular formula is C25H23FN4O3. The normalized spacial score (nSPS) is 11.7. The van der Waals surface area contributed by atoms with Gasteiger partial charge in [0.1, 0.15) is 17.2 Å². The monoisotopic (exact) mass is 446 g/mol. The maximum atomic E-state index is 13.5. The second kappa shape index (κ2) is 9.52. The first-order chi connectivity index (χ1) is 15.9. The standard InChI is InChI=1S/C25H23FN4O3/c1-15-21-13-19(26)5-8-22(21)33-23(15)16(2)29-25(32)28-14-17-3-6-20(7-4-17)30-24(31)18-9-11-27-12-10-18/h3-13,16H,14H2,1-2H3,(H,30,31)(H2,28,29,32). The predicted octanol–water partition coefficient (Wildman–Crippen LogP) is 5.09. The maximum absolute atomic E-state index is 13.5. The van der Waals surface area contributed by atoms with Crippen molar-refractivity contribution in [3.05, 3.63) is 95.3 Å². The van der Waals surface area contributed by atoms with Crippen molar-refractivity contribution in [1.82, 2.24) is 15.6 Å². The molecule has 0 aliphatic rings. The first-order valence-electron chi connectivity index (χ1n) is 10.4. The Kier molecular flexibility index (Phi) is 6.35. The van der Waals surface area contributed by atoms with Crippen molar-refractivity contribution in [2.24, 2.45) is 0 Å². The summed E-state index contributed by atoms with van der Waals surface area (Å²) in [5, 5.41) is 9.14. The quantitative estimate of drug-likeness (QED) is 0.384. The number of benzene rings is 2. The lowest BCUT2D eigenvalue weighted by molar-refractivity contribution is 0.102. The molecule has 2 heterocycles. The summed E-state index contributed by atoms with van der Waals surface area (Å²) in [5.74, 6) is 0.0274. The van der Waals surface area contributed by atoms with Crippen LogP contribution in [0.3, 0.4) is 0 Å². The highest BCUT2D eigenvalue weighted by atomic mass is 19.1. The summed E-state index contributed by atoms with van der Waals surface area (Å²) >= 11 is 0. The summed E-state index contributed by atoms with van der Waals surface area (Å²) in [6.07, 6.45) is 3.12. The van der Waals surface area contributed by atoms with E-state index in [2.05, 4.69) is 20.9 Å². The number of nitrogens with zero attached hydrogens (tertiary/aromatic N) is 1. The van der Waals surface area contributed by atoms with E-state index >= 15 is 0 Å². The van der Waals surface area contributed by atoms with Crippen molar-refractivity contribution in [3.63, 3.8) is 0 Å². The number of hydrogen-bond donors (Lipinski definition) is 3. The molecule has 3 amide bonds. The zero-order valence-corrected chi connectivity index (χ0v) is 18.2. The molecule has 0 saturated heterocycles. The lowest BCUT2D eigenvalue weighted by atomic mass is 10.1. The third-order valence-electron chi connectivity index (χ3n) is 5.28.